The lowest BCUT2D eigenvalue weighted by atomic mass is 10.3. The maximum Gasteiger partial charge on any atom is 0.168 e. The zero-order valence-electron chi connectivity index (χ0n) is 5.32. The van der Waals surface area contributed by atoms with Crippen molar-refractivity contribution in [3.05, 3.63) is 23.2 Å². The maximum absolute atomic E-state index is 10.4. The van der Waals surface area contributed by atoms with Crippen molar-refractivity contribution >= 4 is 22.3 Å². The lowest BCUT2D eigenvalue weighted by Gasteiger charge is -1.94. The van der Waals surface area contributed by atoms with Crippen LogP contribution < -0.4 is 0 Å². The van der Waals surface area contributed by atoms with Gasteiger partial charge < -0.3 is 5.11 Å². The number of phenolic OH excluding ortho intramolecular Hbond substituents is 1. The molecule has 0 spiro atoms. The summed E-state index contributed by atoms with van der Waals surface area (Å²) in [6.45, 7) is 0. The van der Waals surface area contributed by atoms with Crippen molar-refractivity contribution in [2.24, 2.45) is 0 Å². The summed E-state index contributed by atoms with van der Waals surface area (Å²) < 4.78 is 20.7. The van der Waals surface area contributed by atoms with Crippen LogP contribution in [0.2, 0.25) is 5.02 Å². The summed E-state index contributed by atoms with van der Waals surface area (Å²) >= 11 is 5.44. The summed E-state index contributed by atoms with van der Waals surface area (Å²) in [5.74, 6) is -0.118. The molecule has 3 nitrogen and oxygen atoms in total. The highest BCUT2D eigenvalue weighted by Crippen LogP contribution is 2.23. The monoisotopic (exact) mass is 192 g/mol. The van der Waals surface area contributed by atoms with Crippen LogP contribution >= 0.6 is 11.6 Å². The second-order valence-corrected chi connectivity index (χ2v) is 3.33. The van der Waals surface area contributed by atoms with Crippen LogP contribution in [0.25, 0.3) is 0 Å². The van der Waals surface area contributed by atoms with Crippen LogP contribution in [0, 0.1) is 0 Å². The zero-order chi connectivity index (χ0) is 8.43. The fourth-order valence-corrected chi connectivity index (χ4v) is 1.30. The molecular formula is C6H5ClO3S. The van der Waals surface area contributed by atoms with E-state index in [9.17, 15) is 8.42 Å². The molecule has 1 aromatic carbocycles. The van der Waals surface area contributed by atoms with Gasteiger partial charge in [-0.05, 0) is 18.2 Å². The predicted octanol–water partition coefficient (Wildman–Crippen LogP) is 1.02. The van der Waals surface area contributed by atoms with E-state index in [-0.39, 0.29) is 15.7 Å². The largest absolute Gasteiger partial charge is 0.506 e. The predicted molar refractivity (Wildman–Crippen MR) is 41.7 cm³/mol. The Morgan fingerprint density at radius 2 is 2.00 bits per heavy atom. The van der Waals surface area contributed by atoms with E-state index < -0.39 is 10.7 Å². The number of hydrogen-bond acceptors (Lipinski definition) is 3. The summed E-state index contributed by atoms with van der Waals surface area (Å²) in [5, 5.41) is 8.94. The van der Waals surface area contributed by atoms with Gasteiger partial charge >= 0.3 is 0 Å². The van der Waals surface area contributed by atoms with Crippen LogP contribution in [0.5, 0.6) is 5.75 Å². The maximum atomic E-state index is 10.4. The Balaban J connectivity index is 3.26. The molecule has 0 radical (unpaired) electrons. The molecule has 0 saturated carbocycles. The van der Waals surface area contributed by atoms with Crippen LogP contribution in [0.1, 0.15) is 0 Å². The second kappa shape index (κ2) is 3.11. The molecule has 5 heteroatoms. The summed E-state index contributed by atoms with van der Waals surface area (Å²) in [7, 11) is -2.62. The van der Waals surface area contributed by atoms with Gasteiger partial charge in [-0.25, -0.2) is 8.42 Å². The minimum atomic E-state index is -2.62. The Hall–Kier alpha value is -0.740. The third-order valence-corrected chi connectivity index (χ3v) is 2.14. The molecule has 0 fully saturated rings. The van der Waals surface area contributed by atoms with E-state index in [4.69, 9.17) is 16.7 Å². The highest BCUT2D eigenvalue weighted by atomic mass is 35.5. The first-order valence-electron chi connectivity index (χ1n) is 2.74. The SMILES string of the molecule is O=[SH](=O)c1ccc(O)c(Cl)c1. The molecule has 0 aromatic heterocycles. The Morgan fingerprint density at radius 3 is 2.45 bits per heavy atom. The van der Waals surface area contributed by atoms with E-state index in [0.29, 0.717) is 0 Å². The van der Waals surface area contributed by atoms with Crippen LogP contribution in [-0.2, 0) is 10.7 Å². The van der Waals surface area contributed by atoms with Gasteiger partial charge in [0.2, 0.25) is 0 Å². The summed E-state index contributed by atoms with van der Waals surface area (Å²) in [6.07, 6.45) is 0. The van der Waals surface area contributed by atoms with Gasteiger partial charge in [0.1, 0.15) is 5.75 Å². The Morgan fingerprint density at radius 1 is 1.36 bits per heavy atom. The molecule has 0 unspecified atom stereocenters. The lowest BCUT2D eigenvalue weighted by Crippen LogP contribution is -1.79. The molecule has 0 saturated heterocycles. The van der Waals surface area contributed by atoms with Gasteiger partial charge in [-0.1, -0.05) is 11.6 Å². The first-order valence-corrected chi connectivity index (χ1v) is 4.29. The van der Waals surface area contributed by atoms with E-state index in [1.807, 2.05) is 0 Å². The van der Waals surface area contributed by atoms with E-state index in [1.54, 1.807) is 0 Å². The number of hydrogen-bond donors (Lipinski definition) is 2. The fourth-order valence-electron chi connectivity index (χ4n) is 0.609. The van der Waals surface area contributed by atoms with Gasteiger partial charge in [0, 0.05) is 0 Å². The van der Waals surface area contributed by atoms with Gasteiger partial charge in [0.25, 0.3) is 0 Å². The van der Waals surface area contributed by atoms with E-state index in [2.05, 4.69) is 0 Å². The average molecular weight is 193 g/mol. The quantitative estimate of drug-likeness (QED) is 0.654. The first kappa shape index (κ1) is 8.36. The van der Waals surface area contributed by atoms with Crippen LogP contribution in [0.3, 0.4) is 0 Å². The number of rotatable bonds is 1. The summed E-state index contributed by atoms with van der Waals surface area (Å²) in [4.78, 5) is 0.0998. The number of benzene rings is 1. The third-order valence-electron chi connectivity index (χ3n) is 1.14. The van der Waals surface area contributed by atoms with Gasteiger partial charge in [0.15, 0.2) is 10.7 Å². The number of thiol groups is 1. The summed E-state index contributed by atoms with van der Waals surface area (Å²) in [5.41, 5.74) is 0. The minimum absolute atomic E-state index is 0.0432. The zero-order valence-corrected chi connectivity index (χ0v) is 6.97. The smallest absolute Gasteiger partial charge is 0.168 e. The molecule has 0 atom stereocenters. The van der Waals surface area contributed by atoms with Crippen molar-refractivity contribution in [2.45, 2.75) is 4.90 Å². The van der Waals surface area contributed by atoms with Crippen molar-refractivity contribution in [3.8, 4) is 5.75 Å². The molecule has 60 valence electrons. The van der Waals surface area contributed by atoms with Gasteiger partial charge in [-0.3, -0.25) is 0 Å². The molecule has 1 aromatic rings. The molecule has 0 amide bonds. The van der Waals surface area contributed by atoms with Crippen molar-refractivity contribution in [1.29, 1.82) is 0 Å². The molecule has 0 heterocycles. The highest BCUT2D eigenvalue weighted by Gasteiger charge is 2.00. The van der Waals surface area contributed by atoms with Crippen molar-refractivity contribution in [3.63, 3.8) is 0 Å². The third kappa shape index (κ3) is 1.85. The normalized spacial score (nSPS) is 10.4. The van der Waals surface area contributed by atoms with Gasteiger partial charge in [0.05, 0.1) is 9.92 Å². The topological polar surface area (TPSA) is 54.4 Å². The minimum Gasteiger partial charge on any atom is -0.506 e. The molecule has 0 aliphatic rings. The molecule has 1 N–H and O–H groups in total. The van der Waals surface area contributed by atoms with E-state index >= 15 is 0 Å². The first-order chi connectivity index (χ1) is 5.11. The second-order valence-electron chi connectivity index (χ2n) is 1.89. The van der Waals surface area contributed by atoms with E-state index in [0.717, 1.165) is 0 Å². The Bertz CT molecular complexity index is 338. The number of phenols is 1. The fraction of sp³-hybridized carbons (Fsp3) is 0. The van der Waals surface area contributed by atoms with Crippen molar-refractivity contribution < 1.29 is 13.5 Å². The molecule has 1 rings (SSSR count). The van der Waals surface area contributed by atoms with Gasteiger partial charge in [-0.2, -0.15) is 0 Å². The standard InChI is InChI=1S/C6H5ClO3S/c7-5-3-4(11(9)10)1-2-6(5)8/h1-3,8,11H. The highest BCUT2D eigenvalue weighted by molar-refractivity contribution is 7.72. The van der Waals surface area contributed by atoms with E-state index in [1.165, 1.54) is 18.2 Å². The average Bonchev–Trinajstić information content (AvgIpc) is 1.94. The van der Waals surface area contributed by atoms with Gasteiger partial charge in [-0.15, -0.1) is 0 Å². The van der Waals surface area contributed by atoms with Crippen molar-refractivity contribution in [2.75, 3.05) is 0 Å². The molecule has 0 aliphatic heterocycles. The lowest BCUT2D eigenvalue weighted by molar-refractivity contribution is 0.475. The number of halogens is 1. The Kier molecular flexibility index (Phi) is 2.36. The molecule has 0 bridgehead atoms. The number of aromatic hydroxyl groups is 1. The summed E-state index contributed by atoms with van der Waals surface area (Å²) in [6, 6.07) is 3.72. The van der Waals surface area contributed by atoms with Crippen LogP contribution in [0.15, 0.2) is 23.1 Å². The molecule has 11 heavy (non-hydrogen) atoms. The van der Waals surface area contributed by atoms with Crippen molar-refractivity contribution in [1.82, 2.24) is 0 Å². The Labute approximate surface area is 70.2 Å². The molecular weight excluding hydrogens is 188 g/mol. The van der Waals surface area contributed by atoms with Crippen LogP contribution in [-0.4, -0.2) is 13.5 Å². The van der Waals surface area contributed by atoms with Crippen LogP contribution in [0.4, 0.5) is 0 Å². The molecule has 0 aliphatic carbocycles.